The number of fused-ring (bicyclic) bond motifs is 1. The number of nitrogens with one attached hydrogen (secondary N) is 1. The first-order valence-electron chi connectivity index (χ1n) is 10.5. The maximum Gasteiger partial charge on any atom is 0.278 e. The van der Waals surface area contributed by atoms with Crippen molar-refractivity contribution in [2.45, 2.75) is 20.4 Å². The molecule has 166 valence electrons. The van der Waals surface area contributed by atoms with Crippen LogP contribution in [0.15, 0.2) is 66.4 Å². The molecule has 0 aromatic heterocycles. The first-order valence-corrected chi connectivity index (χ1v) is 10.5. The molecule has 6 nitrogen and oxygen atoms in total. The average molecular weight is 444 g/mol. The van der Waals surface area contributed by atoms with Gasteiger partial charge in [0.1, 0.15) is 11.5 Å². The minimum Gasteiger partial charge on any atom is -0.454 e. The Bertz CT molecular complexity index is 1330. The molecule has 0 atom stereocenters. The maximum absolute atomic E-state index is 13.8. The average Bonchev–Trinajstić information content (AvgIpc) is 3.33. The third-order valence-electron chi connectivity index (χ3n) is 5.69. The molecular weight excluding hydrogens is 423 g/mol. The van der Waals surface area contributed by atoms with Crippen LogP contribution in [0.3, 0.4) is 0 Å². The number of nitrogens with zero attached hydrogens (tertiary/aromatic N) is 1. The molecule has 0 unspecified atom stereocenters. The van der Waals surface area contributed by atoms with Crippen molar-refractivity contribution in [2.24, 2.45) is 0 Å². The standard InChI is InChI=1S/C26H21FN2O4/c1-15-6-8-20(16(2)10-15)23-24(28-19-5-3-4-18(27)12-19)26(31)29(25(23)30)13-17-7-9-21-22(11-17)33-14-32-21/h3-12,28H,13-14H2,1-2H3. The van der Waals surface area contributed by atoms with Crippen LogP contribution in [0.4, 0.5) is 10.1 Å². The van der Waals surface area contributed by atoms with Gasteiger partial charge in [0, 0.05) is 5.69 Å². The van der Waals surface area contributed by atoms with Gasteiger partial charge in [-0.3, -0.25) is 14.5 Å². The third-order valence-corrected chi connectivity index (χ3v) is 5.69. The van der Waals surface area contributed by atoms with Crippen LogP contribution in [-0.4, -0.2) is 23.5 Å². The van der Waals surface area contributed by atoms with Gasteiger partial charge in [-0.2, -0.15) is 0 Å². The molecule has 3 aromatic carbocycles. The molecule has 0 saturated heterocycles. The van der Waals surface area contributed by atoms with E-state index in [-0.39, 0.29) is 24.6 Å². The number of anilines is 1. The highest BCUT2D eigenvalue weighted by molar-refractivity contribution is 6.36. The summed E-state index contributed by atoms with van der Waals surface area (Å²) in [4.78, 5) is 28.2. The fraction of sp³-hybridized carbons (Fsp3) is 0.154. The van der Waals surface area contributed by atoms with E-state index in [0.29, 0.717) is 22.7 Å². The van der Waals surface area contributed by atoms with Crippen molar-refractivity contribution >= 4 is 23.1 Å². The summed E-state index contributed by atoms with van der Waals surface area (Å²) in [7, 11) is 0. The van der Waals surface area contributed by atoms with E-state index in [1.54, 1.807) is 30.3 Å². The molecule has 33 heavy (non-hydrogen) atoms. The van der Waals surface area contributed by atoms with Crippen LogP contribution in [0.25, 0.3) is 5.57 Å². The molecule has 0 aliphatic carbocycles. The lowest BCUT2D eigenvalue weighted by atomic mass is 9.97. The van der Waals surface area contributed by atoms with Crippen molar-refractivity contribution in [1.29, 1.82) is 0 Å². The molecule has 2 aliphatic heterocycles. The molecule has 5 rings (SSSR count). The molecule has 0 bridgehead atoms. The minimum absolute atomic E-state index is 0.0665. The second-order valence-electron chi connectivity index (χ2n) is 8.09. The molecule has 2 amide bonds. The van der Waals surface area contributed by atoms with E-state index in [1.807, 2.05) is 32.0 Å². The number of imide groups is 1. The SMILES string of the molecule is Cc1ccc(C2=C(Nc3cccc(F)c3)C(=O)N(Cc3ccc4c(c3)OCO4)C2=O)c(C)c1. The number of hydrogen-bond donors (Lipinski definition) is 1. The predicted octanol–water partition coefficient (Wildman–Crippen LogP) is 4.56. The van der Waals surface area contributed by atoms with Crippen molar-refractivity contribution in [3.05, 3.63) is 94.4 Å². The fourth-order valence-electron chi connectivity index (χ4n) is 4.11. The van der Waals surface area contributed by atoms with Crippen molar-refractivity contribution in [3.8, 4) is 11.5 Å². The highest BCUT2D eigenvalue weighted by Crippen LogP contribution is 2.36. The van der Waals surface area contributed by atoms with Crippen LogP contribution in [0.1, 0.15) is 22.3 Å². The monoisotopic (exact) mass is 444 g/mol. The van der Waals surface area contributed by atoms with Crippen LogP contribution in [0.5, 0.6) is 11.5 Å². The van der Waals surface area contributed by atoms with Crippen molar-refractivity contribution < 1.29 is 23.5 Å². The number of aryl methyl sites for hydroxylation is 2. The number of rotatable bonds is 5. The normalized spacial score (nSPS) is 14.9. The van der Waals surface area contributed by atoms with Gasteiger partial charge in [-0.05, 0) is 60.9 Å². The zero-order valence-electron chi connectivity index (χ0n) is 18.1. The summed E-state index contributed by atoms with van der Waals surface area (Å²) in [6, 6.07) is 16.8. The van der Waals surface area contributed by atoms with E-state index in [0.717, 1.165) is 16.7 Å². The van der Waals surface area contributed by atoms with Gasteiger partial charge in [-0.25, -0.2) is 4.39 Å². The van der Waals surface area contributed by atoms with Gasteiger partial charge >= 0.3 is 0 Å². The summed E-state index contributed by atoms with van der Waals surface area (Å²) in [6.07, 6.45) is 0. The second-order valence-corrected chi connectivity index (χ2v) is 8.09. The number of halogens is 1. The van der Waals surface area contributed by atoms with Crippen LogP contribution in [0, 0.1) is 19.7 Å². The van der Waals surface area contributed by atoms with Gasteiger partial charge in [0.2, 0.25) is 6.79 Å². The highest BCUT2D eigenvalue weighted by atomic mass is 19.1. The fourth-order valence-corrected chi connectivity index (χ4v) is 4.11. The molecule has 0 spiro atoms. The Morgan fingerprint density at radius 2 is 1.76 bits per heavy atom. The van der Waals surface area contributed by atoms with Gasteiger partial charge in [0.25, 0.3) is 11.8 Å². The molecule has 7 heteroatoms. The quantitative estimate of drug-likeness (QED) is 0.585. The molecule has 0 radical (unpaired) electrons. The molecule has 2 aliphatic rings. The second kappa shape index (κ2) is 8.09. The van der Waals surface area contributed by atoms with Crippen LogP contribution < -0.4 is 14.8 Å². The Hall–Kier alpha value is -4.13. The van der Waals surface area contributed by atoms with E-state index >= 15 is 0 Å². The number of hydrogen-bond acceptors (Lipinski definition) is 5. The Morgan fingerprint density at radius 1 is 0.939 bits per heavy atom. The summed E-state index contributed by atoms with van der Waals surface area (Å²) >= 11 is 0. The van der Waals surface area contributed by atoms with E-state index in [4.69, 9.17) is 9.47 Å². The summed E-state index contributed by atoms with van der Waals surface area (Å²) in [5, 5.41) is 2.99. The zero-order chi connectivity index (χ0) is 23.1. The first-order chi connectivity index (χ1) is 15.9. The smallest absolute Gasteiger partial charge is 0.278 e. The number of benzene rings is 3. The first kappa shape index (κ1) is 20.8. The lowest BCUT2D eigenvalue weighted by molar-refractivity contribution is -0.137. The summed E-state index contributed by atoms with van der Waals surface area (Å²) in [5.74, 6) is -0.129. The zero-order valence-corrected chi connectivity index (χ0v) is 18.1. The van der Waals surface area contributed by atoms with Crippen LogP contribution in [0.2, 0.25) is 0 Å². The predicted molar refractivity (Wildman–Crippen MR) is 121 cm³/mol. The topological polar surface area (TPSA) is 67.9 Å². The maximum atomic E-state index is 13.8. The van der Waals surface area contributed by atoms with Gasteiger partial charge in [-0.1, -0.05) is 35.9 Å². The molecule has 3 aromatic rings. The molecule has 0 fully saturated rings. The number of carbonyl (C=O) groups excluding carboxylic acids is 2. The number of carbonyl (C=O) groups is 2. The van der Waals surface area contributed by atoms with Crippen LogP contribution in [-0.2, 0) is 16.1 Å². The molecule has 2 heterocycles. The Labute approximate surface area is 190 Å². The molecule has 1 N–H and O–H groups in total. The largest absolute Gasteiger partial charge is 0.454 e. The summed E-state index contributed by atoms with van der Waals surface area (Å²) in [5.41, 5.74) is 4.08. The van der Waals surface area contributed by atoms with Gasteiger partial charge < -0.3 is 14.8 Å². The summed E-state index contributed by atoms with van der Waals surface area (Å²) < 4.78 is 24.5. The molecular formula is C26H21FN2O4. The van der Waals surface area contributed by atoms with E-state index in [2.05, 4.69) is 5.32 Å². The van der Waals surface area contributed by atoms with Gasteiger partial charge in [-0.15, -0.1) is 0 Å². The van der Waals surface area contributed by atoms with Gasteiger partial charge in [0.05, 0.1) is 12.1 Å². The summed E-state index contributed by atoms with van der Waals surface area (Å²) in [6.45, 7) is 4.07. The third kappa shape index (κ3) is 3.82. The van der Waals surface area contributed by atoms with E-state index < -0.39 is 17.6 Å². The Kier molecular flexibility index (Phi) is 5.09. The number of ether oxygens (including phenoxy) is 2. The Balaban J connectivity index is 1.54. The van der Waals surface area contributed by atoms with Gasteiger partial charge in [0.15, 0.2) is 11.5 Å². The Morgan fingerprint density at radius 3 is 2.55 bits per heavy atom. The number of amides is 2. The lowest BCUT2D eigenvalue weighted by Gasteiger charge is -2.16. The van der Waals surface area contributed by atoms with Crippen molar-refractivity contribution in [2.75, 3.05) is 12.1 Å². The van der Waals surface area contributed by atoms with Crippen molar-refractivity contribution in [3.63, 3.8) is 0 Å². The lowest BCUT2D eigenvalue weighted by Crippen LogP contribution is -2.32. The highest BCUT2D eigenvalue weighted by Gasteiger charge is 2.40. The van der Waals surface area contributed by atoms with E-state index in [1.165, 1.54) is 17.0 Å². The molecule has 0 saturated carbocycles. The van der Waals surface area contributed by atoms with Crippen LogP contribution >= 0.6 is 0 Å². The van der Waals surface area contributed by atoms with E-state index in [9.17, 15) is 14.0 Å². The minimum atomic E-state index is -0.475. The van der Waals surface area contributed by atoms with Crippen molar-refractivity contribution in [1.82, 2.24) is 4.90 Å².